The smallest absolute Gasteiger partial charge is 0.429 e. The van der Waals surface area contributed by atoms with Gasteiger partial charge in [-0.25, -0.2) is 30.7 Å². The molecule has 1 nitrogen and oxygen atoms in total. The molecular weight excluding hydrogens is 643 g/mol. The molecule has 0 spiro atoms. The summed E-state index contributed by atoms with van der Waals surface area (Å²) in [4.78, 5) is 0. The molecular formula is C38H25F9O. The number of halogens is 9. The van der Waals surface area contributed by atoms with E-state index in [1.807, 2.05) is 12.1 Å². The van der Waals surface area contributed by atoms with Gasteiger partial charge in [0, 0.05) is 28.3 Å². The van der Waals surface area contributed by atoms with Gasteiger partial charge in [0.15, 0.2) is 17.5 Å². The maximum atomic E-state index is 15.0. The largest absolute Gasteiger partial charge is 0.432 e. The van der Waals surface area contributed by atoms with Gasteiger partial charge in [0.25, 0.3) is 0 Å². The van der Waals surface area contributed by atoms with Gasteiger partial charge in [0.2, 0.25) is 0 Å². The molecule has 0 heterocycles. The van der Waals surface area contributed by atoms with Crippen molar-refractivity contribution in [1.29, 1.82) is 0 Å². The number of hydrogen-bond acceptors (Lipinski definition) is 1. The van der Waals surface area contributed by atoms with Gasteiger partial charge < -0.3 is 4.74 Å². The monoisotopic (exact) mass is 668 g/mol. The molecule has 0 bridgehead atoms. The van der Waals surface area contributed by atoms with Gasteiger partial charge in [-0.3, -0.25) is 0 Å². The number of ether oxygens (including phenoxy) is 1. The maximum Gasteiger partial charge on any atom is 0.432 e. The van der Waals surface area contributed by atoms with E-state index in [9.17, 15) is 30.7 Å². The van der Waals surface area contributed by atoms with Crippen LogP contribution in [0.25, 0.3) is 22.3 Å². The molecule has 10 heteroatoms. The van der Waals surface area contributed by atoms with Gasteiger partial charge in [0.05, 0.1) is 0 Å². The number of hydrogen-bond donors (Lipinski definition) is 0. The van der Waals surface area contributed by atoms with Crippen LogP contribution in [-0.2, 0) is 12.5 Å². The van der Waals surface area contributed by atoms with Crippen LogP contribution in [0.5, 0.6) is 5.75 Å². The lowest BCUT2D eigenvalue weighted by Gasteiger charge is -2.20. The SMILES string of the molecule is CCCCCc1ccc(C#Cc2cc(F)c(C(F)(F)Oc3ccc(-c4ccc(-c5cc(F)c(F)c(F)c5)c(F)c4)c(F)c3)c(F)c2)cc1. The Hall–Kier alpha value is -5.17. The Kier molecular flexibility index (Phi) is 10.2. The van der Waals surface area contributed by atoms with Gasteiger partial charge in [-0.05, 0) is 84.1 Å². The maximum absolute atomic E-state index is 15.0. The molecule has 5 aromatic rings. The Morgan fingerprint density at radius 1 is 0.562 bits per heavy atom. The molecule has 0 aliphatic rings. The average Bonchev–Trinajstić information content (AvgIpc) is 3.02. The summed E-state index contributed by atoms with van der Waals surface area (Å²) in [5.41, 5.74) is -1.22. The second-order valence-electron chi connectivity index (χ2n) is 10.9. The summed E-state index contributed by atoms with van der Waals surface area (Å²) >= 11 is 0. The third-order valence-electron chi connectivity index (χ3n) is 7.47. The molecule has 0 aromatic heterocycles. The van der Waals surface area contributed by atoms with Crippen molar-refractivity contribution >= 4 is 0 Å². The number of rotatable bonds is 9. The van der Waals surface area contributed by atoms with Crippen LogP contribution in [-0.4, -0.2) is 0 Å². The summed E-state index contributed by atoms with van der Waals surface area (Å²) < 4.78 is 135. The van der Waals surface area contributed by atoms with Gasteiger partial charge in [-0.1, -0.05) is 55.9 Å². The Balaban J connectivity index is 1.32. The van der Waals surface area contributed by atoms with Crippen LogP contribution in [0.1, 0.15) is 48.4 Å². The Labute approximate surface area is 270 Å². The number of unbranched alkanes of at least 4 members (excludes halogenated alkanes) is 2. The van der Waals surface area contributed by atoms with Gasteiger partial charge in [-0.2, -0.15) is 8.78 Å². The Morgan fingerprint density at radius 3 is 1.73 bits per heavy atom. The van der Waals surface area contributed by atoms with Crippen molar-refractivity contribution in [3.05, 3.63) is 148 Å². The highest BCUT2D eigenvalue weighted by Crippen LogP contribution is 2.37. The minimum Gasteiger partial charge on any atom is -0.429 e. The number of benzene rings is 5. The molecule has 0 saturated heterocycles. The zero-order valence-corrected chi connectivity index (χ0v) is 25.2. The Morgan fingerprint density at radius 2 is 1.12 bits per heavy atom. The van der Waals surface area contributed by atoms with E-state index in [1.54, 1.807) is 12.1 Å². The molecule has 5 aromatic carbocycles. The highest BCUT2D eigenvalue weighted by Gasteiger charge is 2.41. The summed E-state index contributed by atoms with van der Waals surface area (Å²) in [5.74, 6) is -5.77. The van der Waals surface area contributed by atoms with Crippen molar-refractivity contribution in [3.63, 3.8) is 0 Å². The first-order valence-corrected chi connectivity index (χ1v) is 14.8. The van der Waals surface area contributed by atoms with Gasteiger partial charge >= 0.3 is 6.11 Å². The van der Waals surface area contributed by atoms with Crippen LogP contribution < -0.4 is 4.74 Å². The average molecular weight is 669 g/mol. The zero-order valence-electron chi connectivity index (χ0n) is 25.2. The van der Waals surface area contributed by atoms with Crippen LogP contribution in [0.2, 0.25) is 0 Å². The second-order valence-corrected chi connectivity index (χ2v) is 10.9. The van der Waals surface area contributed by atoms with Crippen molar-refractivity contribution in [1.82, 2.24) is 0 Å². The lowest BCUT2D eigenvalue weighted by Crippen LogP contribution is -2.25. The van der Waals surface area contributed by atoms with E-state index in [4.69, 9.17) is 0 Å². The van der Waals surface area contributed by atoms with Crippen molar-refractivity contribution in [2.45, 2.75) is 38.7 Å². The molecule has 0 aliphatic heterocycles. The highest BCUT2D eigenvalue weighted by molar-refractivity contribution is 5.72. The van der Waals surface area contributed by atoms with Crippen LogP contribution in [0, 0.1) is 52.6 Å². The van der Waals surface area contributed by atoms with Gasteiger partial charge in [-0.15, -0.1) is 0 Å². The topological polar surface area (TPSA) is 9.23 Å². The summed E-state index contributed by atoms with van der Waals surface area (Å²) in [5, 5.41) is 0. The van der Waals surface area contributed by atoms with E-state index < -0.39 is 58.1 Å². The fourth-order valence-electron chi connectivity index (χ4n) is 5.02. The minimum atomic E-state index is -4.57. The molecule has 0 aliphatic carbocycles. The summed E-state index contributed by atoms with van der Waals surface area (Å²) in [6.07, 6.45) is -0.409. The molecule has 0 amide bonds. The third kappa shape index (κ3) is 7.68. The van der Waals surface area contributed by atoms with Gasteiger partial charge in [0.1, 0.15) is 34.6 Å². The normalized spacial score (nSPS) is 11.3. The quantitative estimate of drug-likeness (QED) is 0.0658. The van der Waals surface area contributed by atoms with Crippen LogP contribution in [0.15, 0.2) is 84.9 Å². The highest BCUT2D eigenvalue weighted by atomic mass is 19.3. The van der Waals surface area contributed by atoms with Crippen LogP contribution >= 0.6 is 0 Å². The minimum absolute atomic E-state index is 0.0909. The molecule has 0 saturated carbocycles. The number of alkyl halides is 2. The van der Waals surface area contributed by atoms with E-state index >= 15 is 8.78 Å². The standard InChI is InChI=1S/C38H25F9O/c1-2-3-4-5-22-6-8-23(9-7-22)10-11-24-16-32(41)36(33(42)17-24)38(46,47)48-27-13-15-28(31(40)21-27)25-12-14-29(30(39)18-25)26-19-34(43)37(45)35(44)20-26/h6-9,12-21H,2-5H2,1H3. The Bertz CT molecular complexity index is 1980. The summed E-state index contributed by atoms with van der Waals surface area (Å²) in [6, 6.07) is 15.2. The van der Waals surface area contributed by atoms with Crippen LogP contribution in [0.4, 0.5) is 39.5 Å². The van der Waals surface area contributed by atoms with Crippen molar-refractivity contribution in [2.24, 2.45) is 0 Å². The van der Waals surface area contributed by atoms with Crippen LogP contribution in [0.3, 0.4) is 0 Å². The zero-order chi connectivity index (χ0) is 34.6. The predicted octanol–water partition coefficient (Wildman–Crippen LogP) is 11.3. The molecule has 0 fully saturated rings. The lowest BCUT2D eigenvalue weighted by molar-refractivity contribution is -0.189. The molecule has 246 valence electrons. The van der Waals surface area contributed by atoms with E-state index in [0.29, 0.717) is 35.9 Å². The van der Waals surface area contributed by atoms with E-state index in [1.165, 1.54) is 6.07 Å². The predicted molar refractivity (Wildman–Crippen MR) is 164 cm³/mol. The fraction of sp³-hybridized carbons (Fsp3) is 0.158. The first-order valence-electron chi connectivity index (χ1n) is 14.8. The second kappa shape index (κ2) is 14.3. The third-order valence-corrected chi connectivity index (χ3v) is 7.47. The first-order chi connectivity index (χ1) is 22.9. The van der Waals surface area contributed by atoms with E-state index in [-0.39, 0.29) is 27.8 Å². The summed E-state index contributed by atoms with van der Waals surface area (Å²) in [7, 11) is 0. The van der Waals surface area contributed by atoms with Crippen molar-refractivity contribution in [3.8, 4) is 39.8 Å². The molecule has 0 atom stereocenters. The molecule has 0 N–H and O–H groups in total. The van der Waals surface area contributed by atoms with Crippen molar-refractivity contribution < 1.29 is 44.3 Å². The number of aryl methyl sites for hydroxylation is 1. The molecule has 5 rings (SSSR count). The van der Waals surface area contributed by atoms with E-state index in [0.717, 1.165) is 55.5 Å². The molecule has 0 unspecified atom stereocenters. The first kappa shape index (κ1) is 34.2. The lowest BCUT2D eigenvalue weighted by atomic mass is 9.99. The summed E-state index contributed by atoms with van der Waals surface area (Å²) in [6.45, 7) is 2.11. The molecule has 48 heavy (non-hydrogen) atoms. The fourth-order valence-corrected chi connectivity index (χ4v) is 5.02. The van der Waals surface area contributed by atoms with Crippen molar-refractivity contribution in [2.75, 3.05) is 0 Å². The van der Waals surface area contributed by atoms with E-state index in [2.05, 4.69) is 23.5 Å². The molecule has 0 radical (unpaired) electrons.